The number of benzene rings is 1. The quantitative estimate of drug-likeness (QED) is 0.610. The molecule has 3 N–H and O–H groups in total. The summed E-state index contributed by atoms with van der Waals surface area (Å²) in [5, 5.41) is 2.33. The van der Waals surface area contributed by atoms with Crippen LogP contribution in [0, 0.1) is 5.82 Å². The molecule has 0 bridgehead atoms. The third-order valence-corrected chi connectivity index (χ3v) is 4.06. The lowest BCUT2D eigenvalue weighted by molar-refractivity contribution is 0.0488. The van der Waals surface area contributed by atoms with Crippen molar-refractivity contribution in [3.8, 4) is 5.75 Å². The largest absolute Gasteiger partial charge is 0.493 e. The van der Waals surface area contributed by atoms with Gasteiger partial charge in [0.1, 0.15) is 11.4 Å². The third kappa shape index (κ3) is 5.39. The number of cyclic esters (lactones) is 1. The molecule has 28 heavy (non-hydrogen) atoms. The number of alkyl carbamates (subject to hydrolysis) is 1. The zero-order chi connectivity index (χ0) is 21.1. The summed E-state index contributed by atoms with van der Waals surface area (Å²) in [6, 6.07) is 0.889. The first-order valence-electron chi connectivity index (χ1n) is 8.87. The van der Waals surface area contributed by atoms with Crippen LogP contribution in [0.2, 0.25) is 5.02 Å². The van der Waals surface area contributed by atoms with Crippen LogP contribution in [0.3, 0.4) is 0 Å². The lowest BCUT2D eigenvalue weighted by Crippen LogP contribution is -2.42. The fraction of sp³-hybridized carbons (Fsp3) is 0.556. The molecule has 2 rings (SSSR count). The summed E-state index contributed by atoms with van der Waals surface area (Å²) < 4.78 is 30.7. The van der Waals surface area contributed by atoms with Gasteiger partial charge in [0.15, 0.2) is 11.9 Å². The molecular weight excluding hydrogens is 393 g/mol. The fourth-order valence-corrected chi connectivity index (χ4v) is 2.88. The van der Waals surface area contributed by atoms with Crippen molar-refractivity contribution in [2.45, 2.75) is 52.4 Å². The first kappa shape index (κ1) is 22.0. The smallest absolute Gasteiger partial charge is 0.422 e. The molecule has 0 unspecified atom stereocenters. The Morgan fingerprint density at radius 2 is 2.18 bits per heavy atom. The second-order valence-corrected chi connectivity index (χ2v) is 7.61. The second kappa shape index (κ2) is 8.83. The lowest BCUT2D eigenvalue weighted by Gasteiger charge is -2.24. The predicted molar refractivity (Wildman–Crippen MR) is 101 cm³/mol. The van der Waals surface area contributed by atoms with Crippen LogP contribution in [0.1, 0.15) is 57.9 Å². The molecule has 2 atom stereocenters. The van der Waals surface area contributed by atoms with E-state index in [2.05, 4.69) is 16.2 Å². The van der Waals surface area contributed by atoms with Gasteiger partial charge in [-0.15, -0.1) is 0 Å². The average molecular weight is 418 g/mol. The van der Waals surface area contributed by atoms with Crippen LogP contribution < -0.4 is 20.9 Å². The van der Waals surface area contributed by atoms with Gasteiger partial charge in [0.2, 0.25) is 0 Å². The van der Waals surface area contributed by atoms with E-state index in [1.807, 2.05) is 0 Å². The van der Waals surface area contributed by atoms with Crippen LogP contribution in [0.4, 0.5) is 14.0 Å². The normalized spacial score (nSPS) is 17.5. The molecule has 1 aromatic rings. The van der Waals surface area contributed by atoms with Gasteiger partial charge in [0, 0.05) is 5.56 Å². The van der Waals surface area contributed by atoms with Gasteiger partial charge in [-0.1, -0.05) is 11.6 Å². The van der Waals surface area contributed by atoms with Gasteiger partial charge >= 0.3 is 12.2 Å². The maximum absolute atomic E-state index is 14.8. The zero-order valence-corrected chi connectivity index (χ0v) is 17.2. The van der Waals surface area contributed by atoms with Crippen molar-refractivity contribution in [2.75, 3.05) is 13.2 Å². The average Bonchev–Trinajstić information content (AvgIpc) is 3.00. The maximum Gasteiger partial charge on any atom is 0.422 e. The summed E-state index contributed by atoms with van der Waals surface area (Å²) in [4.78, 5) is 23.3. The van der Waals surface area contributed by atoms with Crippen molar-refractivity contribution < 1.29 is 28.2 Å². The van der Waals surface area contributed by atoms with Crippen LogP contribution in [-0.4, -0.2) is 30.9 Å². The van der Waals surface area contributed by atoms with E-state index in [0.717, 1.165) is 0 Å². The third-order valence-electron chi connectivity index (χ3n) is 3.78. The first-order valence-corrected chi connectivity index (χ1v) is 9.24. The summed E-state index contributed by atoms with van der Waals surface area (Å²) >= 11 is 6.07. The molecule has 0 spiro atoms. The van der Waals surface area contributed by atoms with Crippen LogP contribution in [-0.2, 0) is 9.47 Å². The zero-order valence-electron chi connectivity index (χ0n) is 16.4. The molecule has 0 saturated carbocycles. The highest BCUT2D eigenvalue weighted by Gasteiger charge is 2.33. The molecule has 0 aromatic heterocycles. The Morgan fingerprint density at radius 1 is 1.50 bits per heavy atom. The van der Waals surface area contributed by atoms with E-state index in [1.54, 1.807) is 34.6 Å². The van der Waals surface area contributed by atoms with Crippen LogP contribution >= 0.6 is 11.6 Å². The number of halogens is 2. The molecule has 1 aliphatic heterocycles. The Bertz CT molecular complexity index is 754. The van der Waals surface area contributed by atoms with E-state index in [1.165, 1.54) is 6.07 Å². The molecule has 2 amide bonds. The summed E-state index contributed by atoms with van der Waals surface area (Å²) in [6.45, 7) is 9.04. The van der Waals surface area contributed by atoms with Crippen LogP contribution in [0.5, 0.6) is 5.75 Å². The van der Waals surface area contributed by atoms with Gasteiger partial charge in [0.25, 0.3) is 0 Å². The highest BCUT2D eigenvalue weighted by atomic mass is 35.5. The van der Waals surface area contributed by atoms with Crippen LogP contribution in [0.15, 0.2) is 6.07 Å². The standard InChI is InChI=1S/C18H25ClFN3O5/c1-6-26-15-10(9(2)22-23-17(25)28-18(3,4)5)7-11(19)14(20)13(15)12-8-21-16(24)27-12/h7,9,12,22H,6,8H2,1-5H3,(H,21,24)(H,23,25)/t9-,12+/m1/s1. The molecule has 0 aliphatic carbocycles. The Balaban J connectivity index is 2.31. The number of rotatable bonds is 6. The summed E-state index contributed by atoms with van der Waals surface area (Å²) in [7, 11) is 0. The number of hydrogen-bond acceptors (Lipinski definition) is 6. The van der Waals surface area contributed by atoms with E-state index in [0.29, 0.717) is 5.56 Å². The van der Waals surface area contributed by atoms with E-state index in [9.17, 15) is 14.0 Å². The molecule has 156 valence electrons. The van der Waals surface area contributed by atoms with Gasteiger partial charge in [-0.25, -0.2) is 19.4 Å². The number of hydrogen-bond donors (Lipinski definition) is 3. The number of carbonyl (C=O) groups excluding carboxylic acids is 2. The topological polar surface area (TPSA) is 97.9 Å². The molecule has 1 saturated heterocycles. The Hall–Kier alpha value is -2.26. The van der Waals surface area contributed by atoms with Crippen LogP contribution in [0.25, 0.3) is 0 Å². The molecule has 0 radical (unpaired) electrons. The molecule has 8 nitrogen and oxygen atoms in total. The van der Waals surface area contributed by atoms with Gasteiger partial charge in [-0.3, -0.25) is 5.43 Å². The van der Waals surface area contributed by atoms with Gasteiger partial charge < -0.3 is 19.5 Å². The number of hydrazine groups is 1. The van der Waals surface area contributed by atoms with Gasteiger partial charge in [0.05, 0.1) is 29.8 Å². The van der Waals surface area contributed by atoms with Crippen molar-refractivity contribution >= 4 is 23.8 Å². The SMILES string of the molecule is CCOc1c([C@@H](C)NNC(=O)OC(C)(C)C)cc(Cl)c(F)c1[C@@H]1CNC(=O)O1. The molecule has 1 aliphatic rings. The van der Waals surface area contributed by atoms with Gasteiger partial charge in [-0.05, 0) is 40.7 Å². The van der Waals surface area contributed by atoms with Crippen molar-refractivity contribution in [3.63, 3.8) is 0 Å². The summed E-state index contributed by atoms with van der Waals surface area (Å²) in [6.07, 6.45) is -2.19. The minimum atomic E-state index is -0.877. The molecule has 1 heterocycles. The van der Waals surface area contributed by atoms with Crippen molar-refractivity contribution in [3.05, 3.63) is 28.0 Å². The van der Waals surface area contributed by atoms with E-state index in [4.69, 9.17) is 25.8 Å². The monoisotopic (exact) mass is 417 g/mol. The number of carbonyl (C=O) groups is 2. The molecular formula is C18H25ClFN3O5. The van der Waals surface area contributed by atoms with Crippen molar-refractivity contribution in [2.24, 2.45) is 0 Å². The first-order chi connectivity index (χ1) is 13.0. The van der Waals surface area contributed by atoms with Crippen molar-refractivity contribution in [1.29, 1.82) is 0 Å². The van der Waals surface area contributed by atoms with Crippen molar-refractivity contribution in [1.82, 2.24) is 16.2 Å². The Morgan fingerprint density at radius 3 is 2.71 bits per heavy atom. The van der Waals surface area contributed by atoms with E-state index < -0.39 is 35.8 Å². The molecule has 1 fully saturated rings. The number of ether oxygens (including phenoxy) is 3. The highest BCUT2D eigenvalue weighted by Crippen LogP contribution is 2.40. The van der Waals surface area contributed by atoms with E-state index >= 15 is 0 Å². The Labute approximate surface area is 168 Å². The van der Waals surface area contributed by atoms with E-state index in [-0.39, 0.29) is 29.5 Å². The van der Waals surface area contributed by atoms with Gasteiger partial charge in [-0.2, -0.15) is 0 Å². The lowest BCUT2D eigenvalue weighted by atomic mass is 9.99. The molecule has 10 heteroatoms. The summed E-state index contributed by atoms with van der Waals surface area (Å²) in [5.41, 5.74) is 5.10. The molecule has 1 aromatic carbocycles. The predicted octanol–water partition coefficient (Wildman–Crippen LogP) is 3.75. The minimum Gasteiger partial charge on any atom is -0.493 e. The Kier molecular flexibility index (Phi) is 6.95. The number of amides is 2. The minimum absolute atomic E-state index is 0.0496. The number of nitrogens with one attached hydrogen (secondary N) is 3. The fourth-order valence-electron chi connectivity index (χ4n) is 2.66. The summed E-state index contributed by atoms with van der Waals surface area (Å²) in [5.74, 6) is -0.514. The highest BCUT2D eigenvalue weighted by molar-refractivity contribution is 6.31. The maximum atomic E-state index is 14.8. The second-order valence-electron chi connectivity index (χ2n) is 7.21.